The van der Waals surface area contributed by atoms with E-state index in [-0.39, 0.29) is 18.1 Å². The molecule has 18 heavy (non-hydrogen) atoms. The van der Waals surface area contributed by atoms with E-state index in [1.165, 1.54) is 0 Å². The number of hydrogen-bond donors (Lipinski definition) is 0. The van der Waals surface area contributed by atoms with Crippen LogP contribution in [0, 0.1) is 5.92 Å². The van der Waals surface area contributed by atoms with Gasteiger partial charge in [-0.25, -0.2) is 0 Å². The molecule has 1 aliphatic heterocycles. The highest BCUT2D eigenvalue weighted by molar-refractivity contribution is 5.79. The Balaban J connectivity index is 2.15. The molecule has 0 aromatic heterocycles. The third-order valence-corrected chi connectivity index (χ3v) is 3.59. The zero-order chi connectivity index (χ0) is 13.0. The van der Waals surface area contributed by atoms with Gasteiger partial charge in [0.1, 0.15) is 0 Å². The predicted octanol–water partition coefficient (Wildman–Crippen LogP) is 2.98. The number of benzene rings is 1. The summed E-state index contributed by atoms with van der Waals surface area (Å²) in [6, 6.07) is 9.98. The first kappa shape index (κ1) is 13.1. The van der Waals surface area contributed by atoms with Gasteiger partial charge >= 0.3 is 0 Å². The van der Waals surface area contributed by atoms with Crippen LogP contribution in [0.15, 0.2) is 30.3 Å². The van der Waals surface area contributed by atoms with E-state index in [0.717, 1.165) is 18.4 Å². The van der Waals surface area contributed by atoms with Gasteiger partial charge in [-0.05, 0) is 12.8 Å². The predicted molar refractivity (Wildman–Crippen MR) is 70.9 cm³/mol. The molecule has 1 saturated heterocycles. The lowest BCUT2D eigenvalue weighted by atomic mass is 10.0. The zero-order valence-corrected chi connectivity index (χ0v) is 11.1. The highest BCUT2D eigenvalue weighted by Crippen LogP contribution is 2.29. The van der Waals surface area contributed by atoms with Crippen LogP contribution in [-0.2, 0) is 9.53 Å². The number of carbonyl (C=O) groups is 1. The van der Waals surface area contributed by atoms with Crippen LogP contribution in [0.25, 0.3) is 0 Å². The molecule has 0 N–H and O–H groups in total. The summed E-state index contributed by atoms with van der Waals surface area (Å²) in [5.41, 5.74) is 1.06. The Morgan fingerprint density at radius 2 is 2.00 bits per heavy atom. The molecule has 1 heterocycles. The quantitative estimate of drug-likeness (QED) is 0.818. The largest absolute Gasteiger partial charge is 0.352 e. The summed E-state index contributed by atoms with van der Waals surface area (Å²) < 4.78 is 5.72. The van der Waals surface area contributed by atoms with Crippen LogP contribution >= 0.6 is 0 Å². The Morgan fingerprint density at radius 3 is 2.61 bits per heavy atom. The minimum atomic E-state index is -0.195. The van der Waals surface area contributed by atoms with Gasteiger partial charge in [-0.15, -0.1) is 0 Å². The molecule has 1 fully saturated rings. The molecule has 1 aromatic carbocycles. The lowest BCUT2D eigenvalue weighted by Gasteiger charge is -2.26. The third kappa shape index (κ3) is 2.56. The monoisotopic (exact) mass is 247 g/mol. The smallest absolute Gasteiger partial charge is 0.228 e. The maximum Gasteiger partial charge on any atom is 0.228 e. The summed E-state index contributed by atoms with van der Waals surface area (Å²) in [6.45, 7) is 5.47. The maximum absolute atomic E-state index is 12.4. The molecule has 3 heteroatoms. The highest BCUT2D eigenvalue weighted by atomic mass is 16.5. The molecule has 0 aliphatic carbocycles. The normalized spacial score (nSPS) is 19.5. The molecule has 2 rings (SSSR count). The molecule has 0 bridgehead atoms. The fraction of sp³-hybridized carbons (Fsp3) is 0.533. The van der Waals surface area contributed by atoms with Gasteiger partial charge in [-0.1, -0.05) is 44.2 Å². The number of amides is 1. The molecule has 98 valence electrons. The fourth-order valence-electron chi connectivity index (χ4n) is 2.46. The highest BCUT2D eigenvalue weighted by Gasteiger charge is 2.33. The van der Waals surface area contributed by atoms with Gasteiger partial charge in [0, 0.05) is 18.0 Å². The Morgan fingerprint density at radius 1 is 1.33 bits per heavy atom. The van der Waals surface area contributed by atoms with Gasteiger partial charge in [-0.3, -0.25) is 4.79 Å². The van der Waals surface area contributed by atoms with Crippen LogP contribution in [-0.4, -0.2) is 24.0 Å². The molecule has 1 unspecified atom stereocenters. The maximum atomic E-state index is 12.4. The minimum absolute atomic E-state index is 0.123. The van der Waals surface area contributed by atoms with Gasteiger partial charge in [0.05, 0.1) is 6.61 Å². The summed E-state index contributed by atoms with van der Waals surface area (Å²) >= 11 is 0. The first-order valence-corrected chi connectivity index (χ1v) is 6.75. The van der Waals surface area contributed by atoms with E-state index in [9.17, 15) is 4.79 Å². The van der Waals surface area contributed by atoms with Crippen LogP contribution in [0.5, 0.6) is 0 Å². The third-order valence-electron chi connectivity index (χ3n) is 3.59. The Hall–Kier alpha value is -1.35. The summed E-state index contributed by atoms with van der Waals surface area (Å²) in [5, 5.41) is 0. The summed E-state index contributed by atoms with van der Waals surface area (Å²) in [4.78, 5) is 14.3. The van der Waals surface area contributed by atoms with Crippen molar-refractivity contribution in [3.8, 4) is 0 Å². The zero-order valence-electron chi connectivity index (χ0n) is 11.1. The van der Waals surface area contributed by atoms with E-state index >= 15 is 0 Å². The van der Waals surface area contributed by atoms with Gasteiger partial charge in [0.15, 0.2) is 6.23 Å². The number of ether oxygens (including phenoxy) is 1. The second kappa shape index (κ2) is 6.01. The standard InChI is InChI=1S/C15H21NO2/c1-3-12(4-2)14(17)16-10-11-18-15(16)13-8-6-5-7-9-13/h5-9,12,15H,3-4,10-11H2,1-2H3. The number of carbonyl (C=O) groups excluding carboxylic acids is 1. The van der Waals surface area contributed by atoms with E-state index < -0.39 is 0 Å². The van der Waals surface area contributed by atoms with Crippen molar-refractivity contribution in [1.29, 1.82) is 0 Å². The van der Waals surface area contributed by atoms with Gasteiger partial charge in [0.2, 0.25) is 5.91 Å². The van der Waals surface area contributed by atoms with Crippen molar-refractivity contribution in [3.63, 3.8) is 0 Å². The van der Waals surface area contributed by atoms with Crippen LogP contribution in [0.3, 0.4) is 0 Å². The van der Waals surface area contributed by atoms with Crippen LogP contribution in [0.2, 0.25) is 0 Å². The van der Waals surface area contributed by atoms with E-state index in [1.54, 1.807) is 0 Å². The van der Waals surface area contributed by atoms with Crippen molar-refractivity contribution >= 4 is 5.91 Å². The molecule has 1 aliphatic rings. The molecular weight excluding hydrogens is 226 g/mol. The molecule has 0 radical (unpaired) electrons. The van der Waals surface area contributed by atoms with Gasteiger partial charge in [-0.2, -0.15) is 0 Å². The Kier molecular flexibility index (Phi) is 4.37. The Labute approximate surface area is 109 Å². The van der Waals surface area contributed by atoms with Crippen molar-refractivity contribution in [2.24, 2.45) is 5.92 Å². The average Bonchev–Trinajstić information content (AvgIpc) is 2.90. The number of hydrogen-bond acceptors (Lipinski definition) is 2. The summed E-state index contributed by atoms with van der Waals surface area (Å²) in [6.07, 6.45) is 1.60. The average molecular weight is 247 g/mol. The van der Waals surface area contributed by atoms with Gasteiger partial charge < -0.3 is 9.64 Å². The van der Waals surface area contributed by atoms with Crippen molar-refractivity contribution < 1.29 is 9.53 Å². The Bertz CT molecular complexity index is 387. The summed E-state index contributed by atoms with van der Waals surface area (Å²) in [5.74, 6) is 0.351. The molecule has 1 atom stereocenters. The first-order chi connectivity index (χ1) is 8.77. The van der Waals surface area contributed by atoms with E-state index in [0.29, 0.717) is 13.2 Å². The lowest BCUT2D eigenvalue weighted by Crippen LogP contribution is -2.35. The van der Waals surface area contributed by atoms with Gasteiger partial charge in [0.25, 0.3) is 0 Å². The van der Waals surface area contributed by atoms with E-state index in [1.807, 2.05) is 35.2 Å². The lowest BCUT2D eigenvalue weighted by molar-refractivity contribution is -0.141. The fourth-order valence-corrected chi connectivity index (χ4v) is 2.46. The SMILES string of the molecule is CCC(CC)C(=O)N1CCOC1c1ccccc1. The summed E-state index contributed by atoms with van der Waals surface area (Å²) in [7, 11) is 0. The number of nitrogens with zero attached hydrogens (tertiary/aromatic N) is 1. The van der Waals surface area contributed by atoms with E-state index in [4.69, 9.17) is 4.74 Å². The van der Waals surface area contributed by atoms with Crippen molar-refractivity contribution in [2.75, 3.05) is 13.2 Å². The van der Waals surface area contributed by atoms with Crippen LogP contribution < -0.4 is 0 Å². The molecule has 1 aromatic rings. The van der Waals surface area contributed by atoms with Crippen molar-refractivity contribution in [3.05, 3.63) is 35.9 Å². The molecule has 3 nitrogen and oxygen atoms in total. The molecule has 0 saturated carbocycles. The van der Waals surface area contributed by atoms with Crippen LogP contribution in [0.4, 0.5) is 0 Å². The van der Waals surface area contributed by atoms with Crippen LogP contribution in [0.1, 0.15) is 38.5 Å². The molecular formula is C15H21NO2. The topological polar surface area (TPSA) is 29.5 Å². The second-order valence-corrected chi connectivity index (χ2v) is 4.68. The number of rotatable bonds is 4. The molecule has 1 amide bonds. The molecule has 0 spiro atoms. The first-order valence-electron chi connectivity index (χ1n) is 6.75. The van der Waals surface area contributed by atoms with Crippen molar-refractivity contribution in [1.82, 2.24) is 4.90 Å². The minimum Gasteiger partial charge on any atom is -0.352 e. The van der Waals surface area contributed by atoms with Crippen molar-refractivity contribution in [2.45, 2.75) is 32.9 Å². The second-order valence-electron chi connectivity index (χ2n) is 4.68. The van der Waals surface area contributed by atoms with E-state index in [2.05, 4.69) is 13.8 Å².